The van der Waals surface area contributed by atoms with Crippen LogP contribution in [0.4, 0.5) is 0 Å². The number of hydrogen-bond acceptors (Lipinski definition) is 1. The number of amides is 1. The molecule has 0 radical (unpaired) electrons. The fraction of sp³-hybridized carbons (Fsp3) is 0.444. The van der Waals surface area contributed by atoms with Crippen LogP contribution in [-0.2, 0) is 4.79 Å². The van der Waals surface area contributed by atoms with Gasteiger partial charge in [0, 0.05) is 18.8 Å². The van der Waals surface area contributed by atoms with Crippen LogP contribution in [0.5, 0.6) is 0 Å². The third-order valence-corrected chi connectivity index (χ3v) is 1.76. The molecule has 0 unspecified atom stereocenters. The van der Waals surface area contributed by atoms with Gasteiger partial charge in [-0.1, -0.05) is 19.4 Å². The Morgan fingerprint density at radius 3 is 2.73 bits per heavy atom. The fourth-order valence-corrected chi connectivity index (χ4v) is 1.00. The van der Waals surface area contributed by atoms with Crippen LogP contribution in [0.1, 0.15) is 19.8 Å². The quantitative estimate of drug-likeness (QED) is 0.588. The normalized spacial score (nSPS) is 20.4. The maximum absolute atomic E-state index is 10.9. The van der Waals surface area contributed by atoms with E-state index >= 15 is 0 Å². The van der Waals surface area contributed by atoms with E-state index < -0.39 is 0 Å². The number of hydrogen-bond donors (Lipinski definition) is 0. The van der Waals surface area contributed by atoms with Crippen molar-refractivity contribution < 1.29 is 4.79 Å². The molecule has 60 valence electrons. The van der Waals surface area contributed by atoms with Crippen LogP contribution >= 0.6 is 0 Å². The molecule has 2 heteroatoms. The van der Waals surface area contributed by atoms with E-state index in [1.807, 2.05) is 6.08 Å². The molecule has 1 aliphatic rings. The molecule has 1 rings (SSSR count). The van der Waals surface area contributed by atoms with Gasteiger partial charge in [0.15, 0.2) is 0 Å². The average Bonchev–Trinajstić information content (AvgIpc) is 2.31. The third-order valence-electron chi connectivity index (χ3n) is 1.76. The Bertz CT molecular complexity index is 216. The average molecular weight is 151 g/mol. The topological polar surface area (TPSA) is 20.3 Å². The largest absolute Gasteiger partial charge is 0.312 e. The van der Waals surface area contributed by atoms with Gasteiger partial charge in [-0.25, -0.2) is 0 Å². The standard InChI is InChI=1S/C9H13NO/c1-3-4-5-8-6-7-9(11)10(8)2/h5-7H,3-4H2,1-2H3. The molecule has 0 atom stereocenters. The van der Waals surface area contributed by atoms with Crippen LogP contribution in [0.15, 0.2) is 23.9 Å². The summed E-state index contributed by atoms with van der Waals surface area (Å²) in [5.41, 5.74) is 1.02. The van der Waals surface area contributed by atoms with Crippen molar-refractivity contribution in [2.45, 2.75) is 19.8 Å². The van der Waals surface area contributed by atoms with Gasteiger partial charge in [0.1, 0.15) is 0 Å². The first-order valence-corrected chi connectivity index (χ1v) is 3.91. The van der Waals surface area contributed by atoms with Gasteiger partial charge >= 0.3 is 0 Å². The minimum atomic E-state index is 0.0763. The highest BCUT2D eigenvalue weighted by Crippen LogP contribution is 2.12. The van der Waals surface area contributed by atoms with E-state index in [4.69, 9.17) is 0 Å². The fourth-order valence-electron chi connectivity index (χ4n) is 1.00. The number of allylic oxidation sites excluding steroid dienone is 2. The lowest BCUT2D eigenvalue weighted by Crippen LogP contribution is -2.17. The minimum Gasteiger partial charge on any atom is -0.312 e. The molecule has 0 saturated carbocycles. The van der Waals surface area contributed by atoms with Gasteiger partial charge < -0.3 is 4.90 Å². The van der Waals surface area contributed by atoms with Crippen molar-refractivity contribution >= 4 is 5.91 Å². The highest BCUT2D eigenvalue weighted by Gasteiger charge is 2.13. The molecule has 1 amide bonds. The first kappa shape index (κ1) is 8.05. The van der Waals surface area contributed by atoms with Crippen LogP contribution in [0.2, 0.25) is 0 Å². The van der Waals surface area contributed by atoms with Gasteiger partial charge in [-0.15, -0.1) is 0 Å². The lowest BCUT2D eigenvalue weighted by Gasteiger charge is -2.09. The summed E-state index contributed by atoms with van der Waals surface area (Å²) in [5, 5.41) is 0. The van der Waals surface area contributed by atoms with Crippen molar-refractivity contribution in [2.75, 3.05) is 7.05 Å². The van der Waals surface area contributed by atoms with Crippen LogP contribution in [0.25, 0.3) is 0 Å². The van der Waals surface area contributed by atoms with Crippen molar-refractivity contribution in [3.8, 4) is 0 Å². The number of likely N-dealkylation sites (N-methyl/N-ethyl adjacent to an activating group) is 1. The van der Waals surface area contributed by atoms with E-state index in [1.54, 1.807) is 18.0 Å². The second kappa shape index (κ2) is 3.37. The van der Waals surface area contributed by atoms with E-state index in [0.717, 1.165) is 18.5 Å². The van der Waals surface area contributed by atoms with Crippen LogP contribution in [0, 0.1) is 0 Å². The minimum absolute atomic E-state index is 0.0763. The number of carbonyl (C=O) groups is 1. The molecule has 0 aromatic heterocycles. The Balaban J connectivity index is 2.62. The Kier molecular flexibility index (Phi) is 2.47. The van der Waals surface area contributed by atoms with Gasteiger partial charge in [-0.05, 0) is 12.5 Å². The molecule has 0 fully saturated rings. The van der Waals surface area contributed by atoms with E-state index in [9.17, 15) is 4.79 Å². The highest BCUT2D eigenvalue weighted by molar-refractivity contribution is 5.92. The molecular weight excluding hydrogens is 138 g/mol. The molecule has 0 aromatic carbocycles. The molecule has 0 bridgehead atoms. The van der Waals surface area contributed by atoms with Crippen LogP contribution < -0.4 is 0 Å². The van der Waals surface area contributed by atoms with Gasteiger partial charge in [-0.3, -0.25) is 4.79 Å². The molecule has 0 aliphatic carbocycles. The SMILES string of the molecule is CCCC=C1C=CC(=O)N1C. The van der Waals surface area contributed by atoms with Crippen molar-refractivity contribution in [1.82, 2.24) is 4.90 Å². The molecule has 2 nitrogen and oxygen atoms in total. The molecule has 0 aromatic rings. The predicted octanol–water partition coefficient (Wildman–Crippen LogP) is 1.70. The molecule has 1 aliphatic heterocycles. The van der Waals surface area contributed by atoms with Crippen molar-refractivity contribution in [3.63, 3.8) is 0 Å². The summed E-state index contributed by atoms with van der Waals surface area (Å²) in [4.78, 5) is 12.6. The Hall–Kier alpha value is -1.05. The summed E-state index contributed by atoms with van der Waals surface area (Å²) in [6.07, 6.45) is 7.71. The molecular formula is C9H13NO. The van der Waals surface area contributed by atoms with E-state index in [1.165, 1.54) is 0 Å². The Morgan fingerprint density at radius 1 is 1.55 bits per heavy atom. The Morgan fingerprint density at radius 2 is 2.27 bits per heavy atom. The number of carbonyl (C=O) groups excluding carboxylic acids is 1. The maximum atomic E-state index is 10.9. The van der Waals surface area contributed by atoms with E-state index in [2.05, 4.69) is 13.0 Å². The van der Waals surface area contributed by atoms with Crippen molar-refractivity contribution in [2.24, 2.45) is 0 Å². The van der Waals surface area contributed by atoms with Crippen LogP contribution in [-0.4, -0.2) is 17.9 Å². The summed E-state index contributed by atoms with van der Waals surface area (Å²) in [7, 11) is 1.80. The maximum Gasteiger partial charge on any atom is 0.250 e. The van der Waals surface area contributed by atoms with Crippen molar-refractivity contribution in [3.05, 3.63) is 23.9 Å². The number of nitrogens with zero attached hydrogens (tertiary/aromatic N) is 1. The number of rotatable bonds is 2. The summed E-state index contributed by atoms with van der Waals surface area (Å²) in [5.74, 6) is 0.0763. The zero-order valence-corrected chi connectivity index (χ0v) is 7.00. The summed E-state index contributed by atoms with van der Waals surface area (Å²) in [6.45, 7) is 2.12. The lowest BCUT2D eigenvalue weighted by atomic mass is 10.3. The van der Waals surface area contributed by atoms with Gasteiger partial charge in [0.25, 0.3) is 5.91 Å². The summed E-state index contributed by atoms with van der Waals surface area (Å²) >= 11 is 0. The van der Waals surface area contributed by atoms with Crippen molar-refractivity contribution in [1.29, 1.82) is 0 Å². The van der Waals surface area contributed by atoms with E-state index in [-0.39, 0.29) is 5.91 Å². The molecule has 0 saturated heterocycles. The second-order valence-electron chi connectivity index (χ2n) is 2.65. The monoisotopic (exact) mass is 151 g/mol. The third kappa shape index (κ3) is 1.70. The van der Waals surface area contributed by atoms with Gasteiger partial charge in [-0.2, -0.15) is 0 Å². The molecule has 0 N–H and O–H groups in total. The molecule has 0 spiro atoms. The number of unbranched alkanes of at least 4 members (excludes halogenated alkanes) is 1. The predicted molar refractivity (Wildman–Crippen MR) is 44.9 cm³/mol. The van der Waals surface area contributed by atoms with Gasteiger partial charge in [0.2, 0.25) is 0 Å². The zero-order chi connectivity index (χ0) is 8.27. The summed E-state index contributed by atoms with van der Waals surface area (Å²) in [6, 6.07) is 0. The second-order valence-corrected chi connectivity index (χ2v) is 2.65. The smallest absolute Gasteiger partial charge is 0.250 e. The molecule has 1 heterocycles. The molecule has 11 heavy (non-hydrogen) atoms. The zero-order valence-electron chi connectivity index (χ0n) is 7.00. The van der Waals surface area contributed by atoms with Crippen LogP contribution in [0.3, 0.4) is 0 Å². The summed E-state index contributed by atoms with van der Waals surface area (Å²) < 4.78 is 0. The lowest BCUT2D eigenvalue weighted by molar-refractivity contribution is -0.122. The van der Waals surface area contributed by atoms with E-state index in [0.29, 0.717) is 0 Å². The first-order chi connectivity index (χ1) is 5.25. The highest BCUT2D eigenvalue weighted by atomic mass is 16.2. The Labute approximate surface area is 67.2 Å². The van der Waals surface area contributed by atoms with Gasteiger partial charge in [0.05, 0.1) is 0 Å². The first-order valence-electron chi connectivity index (χ1n) is 3.91.